The third-order valence-electron chi connectivity index (χ3n) is 5.66. The van der Waals surface area contributed by atoms with Gasteiger partial charge in [0.25, 0.3) is 0 Å². The number of hydrogen-bond acceptors (Lipinski definition) is 2. The summed E-state index contributed by atoms with van der Waals surface area (Å²) in [5.74, 6) is 1.39. The van der Waals surface area contributed by atoms with Crippen LogP contribution in [0.3, 0.4) is 0 Å². The Morgan fingerprint density at radius 1 is 1.17 bits per heavy atom. The number of rotatable bonds is 2. The summed E-state index contributed by atoms with van der Waals surface area (Å²) in [4.78, 5) is 12.1. The first-order valence-corrected chi connectivity index (χ1v) is 7.06. The highest BCUT2D eigenvalue weighted by Crippen LogP contribution is 2.70. The molecule has 94 valence electrons. The molecule has 3 fully saturated rings. The van der Waals surface area contributed by atoms with E-state index in [4.69, 9.17) is 4.74 Å². The molecule has 3 saturated carbocycles. The SMILES string of the molecule is O=C(O[C@@H]1C[C@H]2CC[C@]23CC[C@H]13)c1ccccc1. The van der Waals surface area contributed by atoms with Gasteiger partial charge in [-0.15, -0.1) is 0 Å². The van der Waals surface area contributed by atoms with E-state index in [-0.39, 0.29) is 12.1 Å². The standard InChI is InChI=1S/C16H18O2/c17-15(11-4-2-1-3-5-11)18-14-10-12-6-8-16(12)9-7-13(14)16/h1-5,12-14H,6-10H2/t12-,13-,14-,16+/m1/s1. The lowest BCUT2D eigenvalue weighted by Gasteiger charge is -2.56. The summed E-state index contributed by atoms with van der Waals surface area (Å²) >= 11 is 0. The van der Waals surface area contributed by atoms with Crippen molar-refractivity contribution >= 4 is 5.97 Å². The molecular weight excluding hydrogens is 224 g/mol. The van der Waals surface area contributed by atoms with Crippen molar-refractivity contribution < 1.29 is 9.53 Å². The van der Waals surface area contributed by atoms with Gasteiger partial charge in [0.2, 0.25) is 0 Å². The summed E-state index contributed by atoms with van der Waals surface area (Å²) in [7, 11) is 0. The van der Waals surface area contributed by atoms with Crippen LogP contribution in [-0.2, 0) is 4.74 Å². The maximum Gasteiger partial charge on any atom is 0.338 e. The topological polar surface area (TPSA) is 26.3 Å². The minimum Gasteiger partial charge on any atom is -0.458 e. The molecule has 4 rings (SSSR count). The van der Waals surface area contributed by atoms with Crippen molar-refractivity contribution in [1.82, 2.24) is 0 Å². The fourth-order valence-corrected chi connectivity index (χ4v) is 4.48. The van der Waals surface area contributed by atoms with Crippen LogP contribution in [0.25, 0.3) is 0 Å². The van der Waals surface area contributed by atoms with Gasteiger partial charge in [0.1, 0.15) is 6.10 Å². The molecule has 0 N–H and O–H groups in total. The van der Waals surface area contributed by atoms with E-state index in [1.807, 2.05) is 30.3 Å². The molecule has 0 saturated heterocycles. The lowest BCUT2D eigenvalue weighted by molar-refractivity contribution is -0.0873. The highest BCUT2D eigenvalue weighted by atomic mass is 16.5. The van der Waals surface area contributed by atoms with E-state index in [9.17, 15) is 4.79 Å². The van der Waals surface area contributed by atoms with Crippen LogP contribution < -0.4 is 0 Å². The summed E-state index contributed by atoms with van der Waals surface area (Å²) in [5, 5.41) is 0. The van der Waals surface area contributed by atoms with Gasteiger partial charge in [-0.1, -0.05) is 18.2 Å². The first-order valence-electron chi connectivity index (χ1n) is 7.06. The third kappa shape index (κ3) is 1.26. The van der Waals surface area contributed by atoms with Crippen LogP contribution in [-0.4, -0.2) is 12.1 Å². The first kappa shape index (κ1) is 10.6. The van der Waals surface area contributed by atoms with Gasteiger partial charge in [-0.25, -0.2) is 4.79 Å². The molecule has 0 bridgehead atoms. The largest absolute Gasteiger partial charge is 0.458 e. The second kappa shape index (κ2) is 3.59. The Kier molecular flexibility index (Phi) is 2.12. The maximum atomic E-state index is 12.1. The van der Waals surface area contributed by atoms with Gasteiger partial charge in [-0.05, 0) is 55.6 Å². The van der Waals surface area contributed by atoms with Gasteiger partial charge in [0, 0.05) is 5.92 Å². The Hall–Kier alpha value is -1.31. The molecule has 3 aliphatic carbocycles. The van der Waals surface area contributed by atoms with E-state index in [1.54, 1.807) is 0 Å². The second-order valence-electron chi connectivity index (χ2n) is 6.16. The van der Waals surface area contributed by atoms with Gasteiger partial charge in [-0.2, -0.15) is 0 Å². The number of hydrogen-bond donors (Lipinski definition) is 0. The van der Waals surface area contributed by atoms with Crippen molar-refractivity contribution in [3.05, 3.63) is 35.9 Å². The average molecular weight is 242 g/mol. The summed E-state index contributed by atoms with van der Waals surface area (Å²) < 4.78 is 5.77. The van der Waals surface area contributed by atoms with E-state index in [0.29, 0.717) is 16.9 Å². The quantitative estimate of drug-likeness (QED) is 0.743. The zero-order chi connectivity index (χ0) is 12.2. The summed E-state index contributed by atoms with van der Waals surface area (Å²) in [6.45, 7) is 0. The lowest BCUT2D eigenvalue weighted by atomic mass is 9.48. The molecule has 1 aromatic carbocycles. The number of ether oxygens (including phenoxy) is 1. The molecule has 0 aliphatic heterocycles. The van der Waals surface area contributed by atoms with E-state index >= 15 is 0 Å². The molecular formula is C16H18O2. The molecule has 0 unspecified atom stereocenters. The molecule has 0 aromatic heterocycles. The van der Waals surface area contributed by atoms with Gasteiger partial charge >= 0.3 is 5.97 Å². The fourth-order valence-electron chi connectivity index (χ4n) is 4.48. The predicted molar refractivity (Wildman–Crippen MR) is 68.1 cm³/mol. The van der Waals surface area contributed by atoms with Crippen LogP contribution in [0, 0.1) is 17.3 Å². The fraction of sp³-hybridized carbons (Fsp3) is 0.562. The number of benzene rings is 1. The van der Waals surface area contributed by atoms with Crippen LogP contribution in [0.15, 0.2) is 30.3 Å². The number of carbonyl (C=O) groups excluding carboxylic acids is 1. The summed E-state index contributed by atoms with van der Waals surface area (Å²) in [5.41, 5.74) is 1.28. The molecule has 4 atom stereocenters. The number of carbonyl (C=O) groups is 1. The highest BCUT2D eigenvalue weighted by molar-refractivity contribution is 5.89. The Labute approximate surface area is 107 Å². The van der Waals surface area contributed by atoms with Crippen molar-refractivity contribution in [1.29, 1.82) is 0 Å². The van der Waals surface area contributed by atoms with Crippen LogP contribution >= 0.6 is 0 Å². The van der Waals surface area contributed by atoms with E-state index < -0.39 is 0 Å². The minimum absolute atomic E-state index is 0.135. The molecule has 1 aromatic rings. The zero-order valence-corrected chi connectivity index (χ0v) is 10.5. The van der Waals surface area contributed by atoms with Crippen LogP contribution in [0.1, 0.15) is 42.5 Å². The van der Waals surface area contributed by atoms with Crippen LogP contribution in [0.4, 0.5) is 0 Å². The van der Waals surface area contributed by atoms with Crippen LogP contribution in [0.2, 0.25) is 0 Å². The first-order chi connectivity index (χ1) is 8.79. The molecule has 3 aliphatic rings. The molecule has 0 amide bonds. The zero-order valence-electron chi connectivity index (χ0n) is 10.5. The monoisotopic (exact) mass is 242 g/mol. The molecule has 2 nitrogen and oxygen atoms in total. The Balaban J connectivity index is 1.48. The second-order valence-corrected chi connectivity index (χ2v) is 6.16. The normalized spacial score (nSPS) is 40.1. The maximum absolute atomic E-state index is 12.1. The molecule has 0 heterocycles. The smallest absolute Gasteiger partial charge is 0.338 e. The van der Waals surface area contributed by atoms with Crippen molar-refractivity contribution in [2.24, 2.45) is 17.3 Å². The predicted octanol–water partition coefficient (Wildman–Crippen LogP) is 3.42. The van der Waals surface area contributed by atoms with E-state index in [2.05, 4.69) is 0 Å². The Morgan fingerprint density at radius 2 is 1.94 bits per heavy atom. The van der Waals surface area contributed by atoms with E-state index in [0.717, 1.165) is 12.3 Å². The summed E-state index contributed by atoms with van der Waals surface area (Å²) in [6.07, 6.45) is 6.69. The Morgan fingerprint density at radius 3 is 2.50 bits per heavy atom. The lowest BCUT2D eigenvalue weighted by Crippen LogP contribution is -2.49. The number of esters is 1. The van der Waals surface area contributed by atoms with Gasteiger partial charge in [0.15, 0.2) is 0 Å². The molecule has 2 heteroatoms. The van der Waals surface area contributed by atoms with Crippen molar-refractivity contribution in [3.8, 4) is 0 Å². The van der Waals surface area contributed by atoms with Crippen LogP contribution in [0.5, 0.6) is 0 Å². The third-order valence-corrected chi connectivity index (χ3v) is 5.66. The van der Waals surface area contributed by atoms with E-state index in [1.165, 1.54) is 25.7 Å². The molecule has 0 radical (unpaired) electrons. The van der Waals surface area contributed by atoms with Gasteiger partial charge in [-0.3, -0.25) is 0 Å². The molecule has 18 heavy (non-hydrogen) atoms. The van der Waals surface area contributed by atoms with Gasteiger partial charge < -0.3 is 4.74 Å². The Bertz CT molecular complexity index is 477. The summed E-state index contributed by atoms with van der Waals surface area (Å²) in [6, 6.07) is 9.37. The average Bonchev–Trinajstić information content (AvgIpc) is 2.46. The van der Waals surface area contributed by atoms with Crippen molar-refractivity contribution in [3.63, 3.8) is 0 Å². The van der Waals surface area contributed by atoms with Gasteiger partial charge in [0.05, 0.1) is 5.56 Å². The highest BCUT2D eigenvalue weighted by Gasteiger charge is 2.65. The molecule has 1 spiro atoms. The minimum atomic E-state index is -0.135. The van der Waals surface area contributed by atoms with Crippen molar-refractivity contribution in [2.75, 3.05) is 0 Å². The van der Waals surface area contributed by atoms with Crippen molar-refractivity contribution in [2.45, 2.75) is 38.2 Å².